The Bertz CT molecular complexity index is 648. The third-order valence-corrected chi connectivity index (χ3v) is 4.22. The van der Waals surface area contributed by atoms with E-state index in [2.05, 4.69) is 9.88 Å². The van der Waals surface area contributed by atoms with E-state index in [1.54, 1.807) is 4.90 Å². The average Bonchev–Trinajstić information content (AvgIpc) is 2.97. The highest BCUT2D eigenvalue weighted by Crippen LogP contribution is 2.11. The van der Waals surface area contributed by atoms with Gasteiger partial charge in [0, 0.05) is 26.3 Å². The first-order valence-corrected chi connectivity index (χ1v) is 7.64. The maximum absolute atomic E-state index is 12.6. The zero-order valence-corrected chi connectivity index (χ0v) is 13.1. The van der Waals surface area contributed by atoms with Crippen LogP contribution in [-0.2, 0) is 16.1 Å². The van der Waals surface area contributed by atoms with Crippen molar-refractivity contribution < 1.29 is 9.53 Å². The zero-order chi connectivity index (χ0) is 15.5. The second-order valence-electron chi connectivity index (χ2n) is 5.70. The van der Waals surface area contributed by atoms with Gasteiger partial charge in [0.05, 0.1) is 37.7 Å². The Labute approximate surface area is 130 Å². The van der Waals surface area contributed by atoms with Crippen LogP contribution in [0.4, 0.5) is 0 Å². The molecule has 0 aliphatic carbocycles. The highest BCUT2D eigenvalue weighted by molar-refractivity contribution is 5.81. The number of nitrogens with zero attached hydrogens (tertiary/aromatic N) is 4. The first-order chi connectivity index (χ1) is 10.7. The molecule has 3 rings (SSSR count). The minimum atomic E-state index is -0.118. The molecule has 6 heteroatoms. The quantitative estimate of drug-likeness (QED) is 0.846. The van der Waals surface area contributed by atoms with Gasteiger partial charge in [0.1, 0.15) is 5.65 Å². The van der Waals surface area contributed by atoms with Gasteiger partial charge in [-0.15, -0.1) is 0 Å². The Kier molecular flexibility index (Phi) is 4.40. The minimum Gasteiger partial charge on any atom is -0.379 e. The zero-order valence-electron chi connectivity index (χ0n) is 13.1. The number of carbonyl (C=O) groups is 1. The van der Waals surface area contributed by atoms with Crippen molar-refractivity contribution in [3.63, 3.8) is 0 Å². The van der Waals surface area contributed by atoms with Gasteiger partial charge in [-0.3, -0.25) is 9.69 Å². The minimum absolute atomic E-state index is 0.118. The van der Waals surface area contributed by atoms with Gasteiger partial charge in [-0.2, -0.15) is 0 Å². The maximum Gasteiger partial charge on any atom is 0.239 e. The van der Waals surface area contributed by atoms with E-state index < -0.39 is 0 Å². The molecule has 2 aromatic heterocycles. The first-order valence-electron chi connectivity index (χ1n) is 7.64. The van der Waals surface area contributed by atoms with E-state index in [-0.39, 0.29) is 11.9 Å². The average molecular weight is 302 g/mol. The molecule has 0 aromatic carbocycles. The van der Waals surface area contributed by atoms with Gasteiger partial charge in [-0.05, 0) is 19.1 Å². The molecule has 0 bridgehead atoms. The number of hydrogen-bond acceptors (Lipinski definition) is 4. The predicted molar refractivity (Wildman–Crippen MR) is 83.5 cm³/mol. The number of pyridine rings is 1. The van der Waals surface area contributed by atoms with Crippen LogP contribution in [0.2, 0.25) is 0 Å². The number of ether oxygens (including phenoxy) is 1. The lowest BCUT2D eigenvalue weighted by atomic mass is 10.2. The summed E-state index contributed by atoms with van der Waals surface area (Å²) in [6, 6.07) is 5.77. The number of carbonyl (C=O) groups excluding carboxylic acids is 1. The smallest absolute Gasteiger partial charge is 0.239 e. The van der Waals surface area contributed by atoms with Gasteiger partial charge in [-0.25, -0.2) is 4.98 Å². The summed E-state index contributed by atoms with van der Waals surface area (Å²) in [5, 5.41) is 0. The molecule has 6 nitrogen and oxygen atoms in total. The lowest BCUT2D eigenvalue weighted by molar-refractivity contribution is -0.137. The van der Waals surface area contributed by atoms with Crippen molar-refractivity contribution >= 4 is 11.6 Å². The van der Waals surface area contributed by atoms with Crippen LogP contribution in [0, 0.1) is 0 Å². The number of imidazole rings is 1. The highest BCUT2D eigenvalue weighted by atomic mass is 16.5. The van der Waals surface area contributed by atoms with Gasteiger partial charge in [0.15, 0.2) is 0 Å². The van der Waals surface area contributed by atoms with Crippen molar-refractivity contribution in [2.45, 2.75) is 19.5 Å². The fourth-order valence-corrected chi connectivity index (χ4v) is 2.86. The summed E-state index contributed by atoms with van der Waals surface area (Å²) < 4.78 is 7.36. The molecule has 118 valence electrons. The number of aromatic nitrogens is 2. The van der Waals surface area contributed by atoms with Gasteiger partial charge in [0.2, 0.25) is 5.91 Å². The monoisotopic (exact) mass is 302 g/mol. The van der Waals surface area contributed by atoms with Crippen molar-refractivity contribution in [2.75, 3.05) is 33.4 Å². The van der Waals surface area contributed by atoms with Crippen LogP contribution in [0.15, 0.2) is 30.6 Å². The van der Waals surface area contributed by atoms with Crippen LogP contribution in [0.3, 0.4) is 0 Å². The number of morpholine rings is 1. The molecule has 2 aromatic rings. The van der Waals surface area contributed by atoms with Crippen LogP contribution < -0.4 is 0 Å². The van der Waals surface area contributed by atoms with Crippen LogP contribution in [0.5, 0.6) is 0 Å². The molecule has 1 fully saturated rings. The molecular formula is C16H22N4O2. The summed E-state index contributed by atoms with van der Waals surface area (Å²) >= 11 is 0. The normalized spacial score (nSPS) is 17.5. The van der Waals surface area contributed by atoms with E-state index >= 15 is 0 Å². The van der Waals surface area contributed by atoms with E-state index in [0.717, 1.165) is 24.4 Å². The second-order valence-corrected chi connectivity index (χ2v) is 5.70. The molecule has 3 heterocycles. The van der Waals surface area contributed by atoms with Crippen molar-refractivity contribution in [2.24, 2.45) is 0 Å². The fraction of sp³-hybridized carbons (Fsp3) is 0.500. The molecule has 1 aliphatic heterocycles. The standard InChI is InChI=1S/C16H22N4O2/c1-13(19-7-9-22-10-8-19)16(21)18(2)12-14-11-17-15-5-3-4-6-20(14)15/h3-6,11,13H,7-10,12H2,1-2H3/t13-/m1/s1. The van der Waals surface area contributed by atoms with E-state index in [4.69, 9.17) is 4.74 Å². The van der Waals surface area contributed by atoms with Crippen molar-refractivity contribution in [3.8, 4) is 0 Å². The number of amides is 1. The summed E-state index contributed by atoms with van der Waals surface area (Å²) in [6.07, 6.45) is 3.81. The third kappa shape index (κ3) is 2.98. The molecule has 0 N–H and O–H groups in total. The van der Waals surface area contributed by atoms with E-state index in [1.807, 2.05) is 49.0 Å². The number of hydrogen-bond donors (Lipinski definition) is 0. The summed E-state index contributed by atoms with van der Waals surface area (Å²) in [5.41, 5.74) is 1.92. The summed E-state index contributed by atoms with van der Waals surface area (Å²) in [6.45, 7) is 5.56. The molecule has 1 amide bonds. The Morgan fingerprint density at radius 2 is 2.18 bits per heavy atom. The van der Waals surface area contributed by atoms with E-state index in [9.17, 15) is 4.79 Å². The topological polar surface area (TPSA) is 50.1 Å². The van der Waals surface area contributed by atoms with Crippen LogP contribution >= 0.6 is 0 Å². The van der Waals surface area contributed by atoms with Gasteiger partial charge < -0.3 is 14.0 Å². The summed E-state index contributed by atoms with van der Waals surface area (Å²) in [4.78, 5) is 20.9. The van der Waals surface area contributed by atoms with Crippen LogP contribution in [-0.4, -0.2) is 64.5 Å². The molecule has 0 radical (unpaired) electrons. The second kappa shape index (κ2) is 6.46. The molecule has 0 saturated carbocycles. The van der Waals surface area contributed by atoms with E-state index in [0.29, 0.717) is 19.8 Å². The number of rotatable bonds is 4. The fourth-order valence-electron chi connectivity index (χ4n) is 2.86. The molecule has 0 spiro atoms. The van der Waals surface area contributed by atoms with Crippen LogP contribution in [0.1, 0.15) is 12.6 Å². The largest absolute Gasteiger partial charge is 0.379 e. The molecular weight excluding hydrogens is 280 g/mol. The molecule has 22 heavy (non-hydrogen) atoms. The molecule has 1 saturated heterocycles. The van der Waals surface area contributed by atoms with Crippen molar-refractivity contribution in [1.29, 1.82) is 0 Å². The van der Waals surface area contributed by atoms with Gasteiger partial charge >= 0.3 is 0 Å². The van der Waals surface area contributed by atoms with Crippen molar-refractivity contribution in [1.82, 2.24) is 19.2 Å². The molecule has 1 atom stereocenters. The summed E-state index contributed by atoms with van der Waals surface area (Å²) in [5.74, 6) is 0.132. The highest BCUT2D eigenvalue weighted by Gasteiger charge is 2.25. The molecule has 0 unspecified atom stereocenters. The molecule has 1 aliphatic rings. The Hall–Kier alpha value is -1.92. The summed E-state index contributed by atoms with van der Waals surface area (Å²) in [7, 11) is 1.85. The third-order valence-electron chi connectivity index (χ3n) is 4.22. The SMILES string of the molecule is C[C@H](C(=O)N(C)Cc1cnc2ccccn12)N1CCOCC1. The van der Waals surface area contributed by atoms with Crippen molar-refractivity contribution in [3.05, 3.63) is 36.3 Å². The Morgan fingerprint density at radius 3 is 2.95 bits per heavy atom. The van der Waals surface area contributed by atoms with Crippen LogP contribution in [0.25, 0.3) is 5.65 Å². The number of fused-ring (bicyclic) bond motifs is 1. The lowest BCUT2D eigenvalue weighted by Gasteiger charge is -2.33. The maximum atomic E-state index is 12.6. The Morgan fingerprint density at radius 1 is 1.41 bits per heavy atom. The Balaban J connectivity index is 1.68. The first kappa shape index (κ1) is 15.0. The predicted octanol–water partition coefficient (Wildman–Crippen LogP) is 1.01. The van der Waals surface area contributed by atoms with E-state index in [1.165, 1.54) is 0 Å². The number of likely N-dealkylation sites (N-methyl/N-ethyl adjacent to an activating group) is 1. The van der Waals surface area contributed by atoms with Gasteiger partial charge in [-0.1, -0.05) is 6.07 Å². The lowest BCUT2D eigenvalue weighted by Crippen LogP contribution is -2.49. The van der Waals surface area contributed by atoms with Gasteiger partial charge in [0.25, 0.3) is 0 Å².